The lowest BCUT2D eigenvalue weighted by molar-refractivity contribution is -0.139. The van der Waals surface area contributed by atoms with Crippen LogP contribution in [0.15, 0.2) is 29.5 Å². The lowest BCUT2D eigenvalue weighted by Gasteiger charge is -2.38. The average molecular weight is 440 g/mol. The number of nitrogens with zero attached hydrogens (tertiary/aromatic N) is 2. The summed E-state index contributed by atoms with van der Waals surface area (Å²) in [5.74, 6) is 0.232. The number of benzene rings is 1. The fraction of sp³-hybridized carbons (Fsp3) is 0.524. The van der Waals surface area contributed by atoms with Gasteiger partial charge in [-0.05, 0) is 50.4 Å². The van der Waals surface area contributed by atoms with Crippen LogP contribution in [0.1, 0.15) is 38.3 Å². The molecule has 1 fully saturated rings. The van der Waals surface area contributed by atoms with Crippen molar-refractivity contribution < 1.29 is 14.3 Å². The van der Waals surface area contributed by atoms with E-state index in [1.165, 1.54) is 4.90 Å². The van der Waals surface area contributed by atoms with Gasteiger partial charge in [-0.3, -0.25) is 9.80 Å². The van der Waals surface area contributed by atoms with E-state index in [1.54, 1.807) is 32.2 Å². The van der Waals surface area contributed by atoms with E-state index in [-0.39, 0.29) is 12.6 Å². The van der Waals surface area contributed by atoms with Gasteiger partial charge in [0.25, 0.3) is 0 Å². The first kappa shape index (κ1) is 21.9. The third-order valence-corrected chi connectivity index (χ3v) is 6.45. The van der Waals surface area contributed by atoms with Gasteiger partial charge in [0, 0.05) is 19.3 Å². The van der Waals surface area contributed by atoms with E-state index in [0.29, 0.717) is 39.3 Å². The Kier molecular flexibility index (Phi) is 7.09. The van der Waals surface area contributed by atoms with Gasteiger partial charge in [-0.15, -0.1) is 0 Å². The summed E-state index contributed by atoms with van der Waals surface area (Å²) in [7, 11) is 1.67. The quantitative estimate of drug-likeness (QED) is 0.696. The van der Waals surface area contributed by atoms with Gasteiger partial charge in [0.2, 0.25) is 0 Å². The zero-order valence-electron chi connectivity index (χ0n) is 17.0. The number of hydrogen-bond donors (Lipinski definition) is 1. The van der Waals surface area contributed by atoms with Gasteiger partial charge in [-0.25, -0.2) is 9.59 Å². The number of halogens is 2. The van der Waals surface area contributed by atoms with E-state index in [4.69, 9.17) is 27.9 Å². The predicted molar refractivity (Wildman–Crippen MR) is 114 cm³/mol. The maximum absolute atomic E-state index is 13.0. The number of likely N-dealkylation sites (N-methyl/N-ethyl adjacent to an activating group) is 1. The second-order valence-electron chi connectivity index (χ2n) is 7.62. The molecule has 2 aliphatic heterocycles. The largest absolute Gasteiger partial charge is 0.463 e. The van der Waals surface area contributed by atoms with Crippen LogP contribution < -0.4 is 5.32 Å². The summed E-state index contributed by atoms with van der Waals surface area (Å²) in [4.78, 5) is 29.5. The number of esters is 1. The number of rotatable bonds is 5. The molecule has 1 saturated heterocycles. The molecule has 8 heteroatoms. The Morgan fingerprint density at radius 1 is 1.28 bits per heavy atom. The molecule has 1 aromatic rings. The zero-order chi connectivity index (χ0) is 21.1. The van der Waals surface area contributed by atoms with E-state index < -0.39 is 12.0 Å². The highest BCUT2D eigenvalue weighted by molar-refractivity contribution is 6.42. The third-order valence-electron chi connectivity index (χ3n) is 5.61. The Balaban J connectivity index is 2.06. The van der Waals surface area contributed by atoms with Gasteiger partial charge in [0.05, 0.1) is 28.3 Å². The van der Waals surface area contributed by atoms with Crippen molar-refractivity contribution in [1.29, 1.82) is 0 Å². The van der Waals surface area contributed by atoms with Crippen LogP contribution in [0.25, 0.3) is 0 Å². The van der Waals surface area contributed by atoms with Crippen LogP contribution in [0.5, 0.6) is 0 Å². The minimum atomic E-state index is -0.720. The minimum Gasteiger partial charge on any atom is -0.463 e. The molecule has 2 amide bonds. The molecular formula is C21H27Cl2N3O3. The van der Waals surface area contributed by atoms with Crippen molar-refractivity contribution in [2.24, 2.45) is 5.92 Å². The predicted octanol–water partition coefficient (Wildman–Crippen LogP) is 4.24. The highest BCUT2D eigenvalue weighted by Gasteiger charge is 2.38. The third kappa shape index (κ3) is 4.71. The summed E-state index contributed by atoms with van der Waals surface area (Å²) < 4.78 is 5.35. The number of hydrogen-bond acceptors (Lipinski definition) is 4. The fourth-order valence-electron chi connectivity index (χ4n) is 3.81. The van der Waals surface area contributed by atoms with Gasteiger partial charge in [0.15, 0.2) is 0 Å². The number of amides is 2. The number of likely N-dealkylation sites (tertiary alicyclic amines) is 1. The molecule has 0 saturated carbocycles. The molecule has 0 radical (unpaired) electrons. The van der Waals surface area contributed by atoms with Gasteiger partial charge < -0.3 is 10.1 Å². The highest BCUT2D eigenvalue weighted by atomic mass is 35.5. The second-order valence-corrected chi connectivity index (χ2v) is 8.41. The van der Waals surface area contributed by atoms with Crippen LogP contribution in [0.3, 0.4) is 0 Å². The van der Waals surface area contributed by atoms with Crippen LogP contribution >= 0.6 is 23.2 Å². The maximum Gasteiger partial charge on any atom is 0.338 e. The summed E-state index contributed by atoms with van der Waals surface area (Å²) in [6, 6.07) is 4.18. The summed E-state index contributed by atoms with van der Waals surface area (Å²) in [5.41, 5.74) is 1.62. The Bertz CT molecular complexity index is 819. The highest BCUT2D eigenvalue weighted by Crippen LogP contribution is 2.37. The molecule has 2 aliphatic rings. The fourth-order valence-corrected chi connectivity index (χ4v) is 4.22. The van der Waals surface area contributed by atoms with E-state index in [9.17, 15) is 9.59 Å². The monoisotopic (exact) mass is 439 g/mol. The molecule has 0 spiro atoms. The molecule has 0 bridgehead atoms. The number of piperidine rings is 1. The summed E-state index contributed by atoms with van der Waals surface area (Å²) >= 11 is 12.6. The average Bonchev–Trinajstić information content (AvgIpc) is 2.69. The standard InChI is InChI=1S/C21H27Cl2N3O3/c1-4-29-20(27)17-16(12-26-10-8-13(2)9-11-26)25(3)21(28)24-19(17)14-6-5-7-15(22)18(14)23/h5-7,13,19H,4,8-12H2,1-3H3,(H,24,28). The summed E-state index contributed by atoms with van der Waals surface area (Å²) in [6.45, 7) is 6.61. The van der Waals surface area contributed by atoms with Crippen molar-refractivity contribution in [3.05, 3.63) is 45.1 Å². The molecule has 3 rings (SSSR count). The van der Waals surface area contributed by atoms with Gasteiger partial charge in [0.1, 0.15) is 0 Å². The molecule has 2 heterocycles. The first-order chi connectivity index (χ1) is 13.8. The van der Waals surface area contributed by atoms with Gasteiger partial charge in [-0.2, -0.15) is 0 Å². The molecule has 158 valence electrons. The van der Waals surface area contributed by atoms with E-state index in [0.717, 1.165) is 25.9 Å². The molecule has 1 unspecified atom stereocenters. The van der Waals surface area contributed by atoms with Crippen molar-refractivity contribution in [3.8, 4) is 0 Å². The molecule has 0 aromatic heterocycles. The van der Waals surface area contributed by atoms with E-state index >= 15 is 0 Å². The summed E-state index contributed by atoms with van der Waals surface area (Å²) in [5, 5.41) is 3.57. The number of urea groups is 1. The number of ether oxygens (including phenoxy) is 1. The molecule has 29 heavy (non-hydrogen) atoms. The normalized spacial score (nSPS) is 21.3. The Morgan fingerprint density at radius 2 is 1.97 bits per heavy atom. The first-order valence-electron chi connectivity index (χ1n) is 9.94. The van der Waals surface area contributed by atoms with Crippen molar-refractivity contribution >= 4 is 35.2 Å². The molecular weight excluding hydrogens is 413 g/mol. The van der Waals surface area contributed by atoms with Crippen molar-refractivity contribution in [2.75, 3.05) is 33.3 Å². The maximum atomic E-state index is 13.0. The zero-order valence-corrected chi connectivity index (χ0v) is 18.5. The smallest absolute Gasteiger partial charge is 0.338 e. The van der Waals surface area contributed by atoms with Crippen LogP contribution in [-0.4, -0.2) is 55.1 Å². The molecule has 0 aliphatic carbocycles. The SMILES string of the molecule is CCOC(=O)C1=C(CN2CCC(C)CC2)N(C)C(=O)NC1c1cccc(Cl)c1Cl. The van der Waals surface area contributed by atoms with Crippen molar-refractivity contribution in [1.82, 2.24) is 15.1 Å². The number of nitrogens with one attached hydrogen (secondary N) is 1. The Hall–Kier alpha value is -1.76. The Labute approximate surface area is 181 Å². The lowest BCUT2D eigenvalue weighted by Crippen LogP contribution is -2.50. The van der Waals surface area contributed by atoms with Crippen LogP contribution in [-0.2, 0) is 9.53 Å². The number of carbonyl (C=O) groups is 2. The van der Waals surface area contributed by atoms with Gasteiger partial charge in [-0.1, -0.05) is 42.3 Å². The van der Waals surface area contributed by atoms with Crippen LogP contribution in [0, 0.1) is 5.92 Å². The number of carbonyl (C=O) groups excluding carboxylic acids is 2. The van der Waals surface area contributed by atoms with E-state index in [1.807, 2.05) is 0 Å². The van der Waals surface area contributed by atoms with Crippen molar-refractivity contribution in [3.63, 3.8) is 0 Å². The van der Waals surface area contributed by atoms with Crippen molar-refractivity contribution in [2.45, 2.75) is 32.7 Å². The molecule has 1 N–H and O–H groups in total. The summed E-state index contributed by atoms with van der Waals surface area (Å²) in [6.07, 6.45) is 2.20. The van der Waals surface area contributed by atoms with E-state index in [2.05, 4.69) is 17.1 Å². The molecule has 1 aromatic carbocycles. The van der Waals surface area contributed by atoms with Gasteiger partial charge >= 0.3 is 12.0 Å². The van der Waals surface area contributed by atoms with Crippen LogP contribution in [0.2, 0.25) is 10.0 Å². The first-order valence-corrected chi connectivity index (χ1v) is 10.7. The topological polar surface area (TPSA) is 61.9 Å². The molecule has 6 nitrogen and oxygen atoms in total. The minimum absolute atomic E-state index is 0.241. The second kappa shape index (κ2) is 9.37. The Morgan fingerprint density at radius 3 is 2.62 bits per heavy atom. The van der Waals surface area contributed by atoms with Crippen LogP contribution in [0.4, 0.5) is 4.79 Å². The lowest BCUT2D eigenvalue weighted by atomic mass is 9.93. The molecule has 1 atom stereocenters.